The maximum Gasteiger partial charge on any atom is 0.249 e. The summed E-state index contributed by atoms with van der Waals surface area (Å²) >= 11 is 0. The molecule has 19 heavy (non-hydrogen) atoms. The third-order valence-electron chi connectivity index (χ3n) is 2.80. The van der Waals surface area contributed by atoms with Crippen LogP contribution in [0.4, 0.5) is 14.5 Å². The van der Waals surface area contributed by atoms with Gasteiger partial charge in [0.2, 0.25) is 10.0 Å². The van der Waals surface area contributed by atoms with Crippen molar-refractivity contribution in [2.24, 2.45) is 0 Å². The van der Waals surface area contributed by atoms with Crippen molar-refractivity contribution in [1.29, 1.82) is 0 Å². The normalized spacial score (nSPS) is 18.2. The summed E-state index contributed by atoms with van der Waals surface area (Å²) in [5, 5.41) is 0. The van der Waals surface area contributed by atoms with E-state index in [0.29, 0.717) is 13.0 Å². The van der Waals surface area contributed by atoms with Crippen LogP contribution in [0.5, 0.6) is 0 Å². The second kappa shape index (κ2) is 5.40. The highest BCUT2D eigenvalue weighted by Crippen LogP contribution is 2.25. The summed E-state index contributed by atoms with van der Waals surface area (Å²) in [6.07, 6.45) is 0.484. The number of hydrogen-bond acceptors (Lipinski definition) is 4. The second-order valence-electron chi connectivity index (χ2n) is 4.18. The van der Waals surface area contributed by atoms with Gasteiger partial charge in [-0.3, -0.25) is 0 Å². The molecule has 1 fully saturated rings. The minimum Gasteiger partial charge on any atom is -0.399 e. The minimum atomic E-state index is -4.22. The number of hydrogen-bond donors (Lipinski definition) is 1. The summed E-state index contributed by atoms with van der Waals surface area (Å²) < 4.78 is 58.0. The van der Waals surface area contributed by atoms with Crippen LogP contribution in [0.1, 0.15) is 6.42 Å². The monoisotopic (exact) mass is 292 g/mol. The summed E-state index contributed by atoms with van der Waals surface area (Å²) in [5.41, 5.74) is 5.11. The first kappa shape index (κ1) is 14.2. The Labute approximate surface area is 110 Å². The van der Waals surface area contributed by atoms with Crippen LogP contribution in [0.15, 0.2) is 17.0 Å². The van der Waals surface area contributed by atoms with Gasteiger partial charge in [-0.05, 0) is 18.6 Å². The Balaban J connectivity index is 2.44. The first-order chi connectivity index (χ1) is 8.93. The van der Waals surface area contributed by atoms with Gasteiger partial charge >= 0.3 is 0 Å². The summed E-state index contributed by atoms with van der Waals surface area (Å²) in [5.74, 6) is -2.36. The second-order valence-corrected chi connectivity index (χ2v) is 6.06. The van der Waals surface area contributed by atoms with Crippen molar-refractivity contribution >= 4 is 15.7 Å². The zero-order chi connectivity index (χ0) is 14.0. The van der Waals surface area contributed by atoms with Gasteiger partial charge in [0.1, 0.15) is 11.6 Å². The van der Waals surface area contributed by atoms with Gasteiger partial charge in [0.15, 0.2) is 4.90 Å². The van der Waals surface area contributed by atoms with Crippen LogP contribution in [0, 0.1) is 11.6 Å². The molecular weight excluding hydrogens is 278 g/mol. The Kier molecular flexibility index (Phi) is 4.02. The maximum atomic E-state index is 13.7. The van der Waals surface area contributed by atoms with E-state index in [1.807, 2.05) is 0 Å². The maximum absolute atomic E-state index is 13.7. The van der Waals surface area contributed by atoms with Gasteiger partial charge in [0.05, 0.1) is 6.61 Å². The van der Waals surface area contributed by atoms with E-state index in [2.05, 4.69) is 0 Å². The van der Waals surface area contributed by atoms with Gasteiger partial charge in [0.25, 0.3) is 0 Å². The van der Waals surface area contributed by atoms with Crippen molar-refractivity contribution in [3.05, 3.63) is 23.8 Å². The van der Waals surface area contributed by atoms with Crippen molar-refractivity contribution in [3.8, 4) is 0 Å². The lowest BCUT2D eigenvalue weighted by Crippen LogP contribution is -2.34. The number of halogens is 2. The molecule has 1 heterocycles. The number of nitrogens with zero attached hydrogens (tertiary/aromatic N) is 1. The van der Waals surface area contributed by atoms with Crippen LogP contribution >= 0.6 is 0 Å². The Morgan fingerprint density at radius 1 is 1.16 bits per heavy atom. The highest BCUT2D eigenvalue weighted by molar-refractivity contribution is 7.89. The molecule has 8 heteroatoms. The molecule has 1 aromatic carbocycles. The van der Waals surface area contributed by atoms with Crippen LogP contribution in [0.3, 0.4) is 0 Å². The Morgan fingerprint density at radius 3 is 2.42 bits per heavy atom. The minimum absolute atomic E-state index is 0.0750. The largest absolute Gasteiger partial charge is 0.399 e. The smallest absolute Gasteiger partial charge is 0.249 e. The number of ether oxygens (including phenoxy) is 1. The van der Waals surface area contributed by atoms with E-state index in [9.17, 15) is 17.2 Å². The molecule has 2 N–H and O–H groups in total. The predicted octanol–water partition coefficient (Wildman–Crippen LogP) is 0.958. The van der Waals surface area contributed by atoms with Crippen molar-refractivity contribution in [1.82, 2.24) is 4.31 Å². The number of benzene rings is 1. The van der Waals surface area contributed by atoms with Gasteiger partial charge in [-0.1, -0.05) is 0 Å². The molecule has 1 aliphatic rings. The number of nitrogen functional groups attached to an aromatic ring is 1. The Hall–Kier alpha value is -1.25. The van der Waals surface area contributed by atoms with Crippen molar-refractivity contribution in [2.75, 3.05) is 32.0 Å². The van der Waals surface area contributed by atoms with E-state index in [1.165, 1.54) is 0 Å². The lowest BCUT2D eigenvalue weighted by atomic mass is 10.3. The standard InChI is InChI=1S/C11H14F2N2O3S/c12-9-6-8(14)7-10(13)11(9)19(16,17)15-2-1-4-18-5-3-15/h6-7H,1-5,14H2. The highest BCUT2D eigenvalue weighted by Gasteiger charge is 2.31. The van der Waals surface area contributed by atoms with E-state index < -0.39 is 26.6 Å². The van der Waals surface area contributed by atoms with Crippen LogP contribution in [0.25, 0.3) is 0 Å². The van der Waals surface area contributed by atoms with Crippen LogP contribution < -0.4 is 5.73 Å². The van der Waals surface area contributed by atoms with Gasteiger partial charge in [-0.25, -0.2) is 17.2 Å². The van der Waals surface area contributed by atoms with E-state index in [0.717, 1.165) is 16.4 Å². The number of rotatable bonds is 2. The van der Waals surface area contributed by atoms with E-state index >= 15 is 0 Å². The molecule has 1 aromatic rings. The lowest BCUT2D eigenvalue weighted by molar-refractivity contribution is 0.148. The van der Waals surface area contributed by atoms with Gasteiger partial charge in [-0.2, -0.15) is 4.31 Å². The van der Waals surface area contributed by atoms with Crippen LogP contribution in [-0.2, 0) is 14.8 Å². The summed E-state index contributed by atoms with van der Waals surface area (Å²) in [4.78, 5) is -0.955. The van der Waals surface area contributed by atoms with Gasteiger partial charge in [-0.15, -0.1) is 0 Å². The zero-order valence-electron chi connectivity index (χ0n) is 10.1. The molecule has 0 amide bonds. The number of nitrogens with two attached hydrogens (primary N) is 1. The third-order valence-corrected chi connectivity index (χ3v) is 4.75. The summed E-state index contributed by atoms with van der Waals surface area (Å²) in [6.45, 7) is 0.882. The molecule has 0 unspecified atom stereocenters. The van der Waals surface area contributed by atoms with E-state index in [1.54, 1.807) is 0 Å². The highest BCUT2D eigenvalue weighted by atomic mass is 32.2. The molecule has 0 bridgehead atoms. The molecule has 106 valence electrons. The zero-order valence-corrected chi connectivity index (χ0v) is 10.9. The first-order valence-corrected chi connectivity index (χ1v) is 7.19. The molecule has 0 saturated carbocycles. The Morgan fingerprint density at radius 2 is 1.79 bits per heavy atom. The fourth-order valence-corrected chi connectivity index (χ4v) is 3.47. The third kappa shape index (κ3) is 2.85. The molecular formula is C11H14F2N2O3S. The average Bonchev–Trinajstić information content (AvgIpc) is 2.55. The molecule has 0 atom stereocenters. The average molecular weight is 292 g/mol. The number of sulfonamides is 1. The first-order valence-electron chi connectivity index (χ1n) is 5.75. The predicted molar refractivity (Wildman–Crippen MR) is 65.0 cm³/mol. The fraction of sp³-hybridized carbons (Fsp3) is 0.455. The molecule has 2 rings (SSSR count). The fourth-order valence-electron chi connectivity index (χ4n) is 1.92. The van der Waals surface area contributed by atoms with Crippen molar-refractivity contribution in [2.45, 2.75) is 11.3 Å². The molecule has 0 aromatic heterocycles. The van der Waals surface area contributed by atoms with Crippen LogP contribution in [-0.4, -0.2) is 39.0 Å². The van der Waals surface area contributed by atoms with Crippen LogP contribution in [0.2, 0.25) is 0 Å². The van der Waals surface area contributed by atoms with Gasteiger partial charge < -0.3 is 10.5 Å². The van der Waals surface area contributed by atoms with E-state index in [-0.39, 0.29) is 25.4 Å². The Bertz CT molecular complexity index is 546. The molecule has 0 aliphatic carbocycles. The molecule has 0 radical (unpaired) electrons. The molecule has 5 nitrogen and oxygen atoms in total. The van der Waals surface area contributed by atoms with Crippen molar-refractivity contribution < 1.29 is 21.9 Å². The SMILES string of the molecule is Nc1cc(F)c(S(=O)(=O)N2CCCOCC2)c(F)c1. The molecule has 1 aliphatic heterocycles. The lowest BCUT2D eigenvalue weighted by Gasteiger charge is -2.20. The van der Waals surface area contributed by atoms with E-state index in [4.69, 9.17) is 10.5 Å². The molecule has 0 spiro atoms. The van der Waals surface area contributed by atoms with Gasteiger partial charge in [0, 0.05) is 25.4 Å². The number of anilines is 1. The molecule has 1 saturated heterocycles. The topological polar surface area (TPSA) is 72.6 Å². The quantitative estimate of drug-likeness (QED) is 0.824. The van der Waals surface area contributed by atoms with Crippen molar-refractivity contribution in [3.63, 3.8) is 0 Å². The summed E-state index contributed by atoms with van der Waals surface area (Å²) in [6, 6.07) is 1.59. The summed E-state index contributed by atoms with van der Waals surface area (Å²) in [7, 11) is -4.22.